The maximum absolute atomic E-state index is 3.96. The zero-order valence-electron chi connectivity index (χ0n) is 32.3. The molecule has 3 aliphatic rings. The highest BCUT2D eigenvalue weighted by Gasteiger charge is 2.39. The lowest BCUT2D eigenvalue weighted by Gasteiger charge is -2.34. The molecule has 0 amide bonds. The van der Waals surface area contributed by atoms with Gasteiger partial charge in [-0.2, -0.15) is 0 Å². The molecule has 2 nitrogen and oxygen atoms in total. The van der Waals surface area contributed by atoms with Crippen LogP contribution in [0.2, 0.25) is 0 Å². The summed E-state index contributed by atoms with van der Waals surface area (Å²) < 4.78 is 0. The summed E-state index contributed by atoms with van der Waals surface area (Å²) in [6, 6.07) is 61.0. The van der Waals surface area contributed by atoms with Gasteiger partial charge in [-0.15, -0.1) is 0 Å². The fraction of sp³-hybridized carbons (Fsp3) is 0.148. The number of nitrogens with one attached hydrogen (secondary N) is 2. The molecule has 8 aromatic carbocycles. The summed E-state index contributed by atoms with van der Waals surface area (Å²) in [5, 5.41) is 13.1. The first-order valence-electron chi connectivity index (χ1n) is 20.0. The maximum atomic E-state index is 3.96. The number of hydrogen-bond acceptors (Lipinski definition) is 2. The molecule has 0 fully saturated rings. The minimum absolute atomic E-state index is 0.0173. The Morgan fingerprint density at radius 3 is 1.93 bits per heavy atom. The van der Waals surface area contributed by atoms with Gasteiger partial charge in [-0.3, -0.25) is 5.32 Å². The van der Waals surface area contributed by atoms with Gasteiger partial charge in [0.05, 0.1) is 6.04 Å². The molecule has 0 spiro atoms. The average molecular weight is 721 g/mol. The molecule has 2 aliphatic carbocycles. The van der Waals surface area contributed by atoms with Crippen molar-refractivity contribution in [3.05, 3.63) is 209 Å². The molecular weight excluding hydrogens is 677 g/mol. The molecule has 2 unspecified atom stereocenters. The third-order valence-electron chi connectivity index (χ3n) is 13.1. The van der Waals surface area contributed by atoms with Crippen LogP contribution in [0.15, 0.2) is 170 Å². The SMILES string of the molecule is CC1(C)c2cc3ccccc3cc2-c2c(-c3ccc(C4=CC(c5ccc6c(c5)C(C)(C)c5c-6ccc6ccccc56)NC(c5ccccc5)N4)cc3)cccc21. The highest BCUT2D eigenvalue weighted by atomic mass is 15.2. The van der Waals surface area contributed by atoms with Gasteiger partial charge in [-0.25, -0.2) is 0 Å². The Morgan fingerprint density at radius 2 is 1.12 bits per heavy atom. The van der Waals surface area contributed by atoms with E-state index in [2.05, 4.69) is 208 Å². The van der Waals surface area contributed by atoms with Crippen molar-refractivity contribution in [1.29, 1.82) is 0 Å². The topological polar surface area (TPSA) is 24.1 Å². The van der Waals surface area contributed by atoms with Gasteiger partial charge in [0.25, 0.3) is 0 Å². The van der Waals surface area contributed by atoms with Crippen molar-refractivity contribution in [3.63, 3.8) is 0 Å². The molecule has 1 aliphatic heterocycles. The number of benzene rings is 8. The molecule has 0 bridgehead atoms. The zero-order chi connectivity index (χ0) is 37.8. The quantitative estimate of drug-likeness (QED) is 0.189. The number of rotatable bonds is 4. The van der Waals surface area contributed by atoms with Crippen LogP contribution in [-0.2, 0) is 10.8 Å². The van der Waals surface area contributed by atoms with Gasteiger partial charge < -0.3 is 5.32 Å². The van der Waals surface area contributed by atoms with Crippen LogP contribution < -0.4 is 10.6 Å². The molecular formula is C54H44N2. The molecule has 0 aromatic heterocycles. The molecule has 2 heteroatoms. The second-order valence-corrected chi connectivity index (χ2v) is 17.0. The summed E-state index contributed by atoms with van der Waals surface area (Å²) in [6.07, 6.45) is 2.33. The Bertz CT molecular complexity index is 2910. The molecule has 2 atom stereocenters. The molecule has 11 rings (SSSR count). The third kappa shape index (κ3) is 4.92. The van der Waals surface area contributed by atoms with Crippen molar-refractivity contribution in [3.8, 4) is 33.4 Å². The second-order valence-electron chi connectivity index (χ2n) is 17.0. The predicted molar refractivity (Wildman–Crippen MR) is 235 cm³/mol. The normalized spacial score (nSPS) is 18.5. The van der Waals surface area contributed by atoms with Gasteiger partial charge in [0.15, 0.2) is 0 Å². The summed E-state index contributed by atoms with van der Waals surface area (Å²) in [6.45, 7) is 9.53. The van der Waals surface area contributed by atoms with Gasteiger partial charge in [-0.05, 0) is 112 Å². The van der Waals surface area contributed by atoms with Gasteiger partial charge in [0.1, 0.15) is 6.17 Å². The Hall–Kier alpha value is -6.22. The van der Waals surface area contributed by atoms with Crippen LogP contribution in [0.1, 0.15) is 78.8 Å². The number of fused-ring (bicyclic) bond motifs is 9. The van der Waals surface area contributed by atoms with E-state index in [9.17, 15) is 0 Å². The van der Waals surface area contributed by atoms with E-state index in [1.54, 1.807) is 0 Å². The molecule has 1 heterocycles. The molecule has 270 valence electrons. The second kappa shape index (κ2) is 12.1. The van der Waals surface area contributed by atoms with E-state index in [1.165, 1.54) is 93.9 Å². The highest BCUT2D eigenvalue weighted by Crippen LogP contribution is 2.54. The standard InChI is InChI=1S/C54H44N2/c1-53(2)45-20-12-19-40(50(45)44-29-37-16-8-9-17-38(37)30-47(44)53)34-21-23-35(24-22-34)48-32-49(56-52(55-48)36-14-6-5-7-15-36)39-26-27-42-43-28-25-33-13-10-11-18-41(33)51(43)54(3,4)46(42)31-39/h5-32,49,52,55-56H,1-4H3. The first-order chi connectivity index (χ1) is 27.3. The van der Waals surface area contributed by atoms with E-state index in [0.717, 1.165) is 5.70 Å². The van der Waals surface area contributed by atoms with Crippen molar-refractivity contribution in [2.45, 2.75) is 50.7 Å². The van der Waals surface area contributed by atoms with Crippen LogP contribution in [0, 0.1) is 0 Å². The summed E-state index contributed by atoms with van der Waals surface area (Å²) in [4.78, 5) is 0. The predicted octanol–water partition coefficient (Wildman–Crippen LogP) is 13.2. The van der Waals surface area contributed by atoms with E-state index in [-0.39, 0.29) is 23.0 Å². The molecule has 0 saturated heterocycles. The van der Waals surface area contributed by atoms with Gasteiger partial charge in [0, 0.05) is 16.5 Å². The highest BCUT2D eigenvalue weighted by molar-refractivity contribution is 5.99. The Kier molecular flexibility index (Phi) is 7.18. The largest absolute Gasteiger partial charge is 0.366 e. The van der Waals surface area contributed by atoms with Crippen molar-refractivity contribution in [1.82, 2.24) is 10.6 Å². The summed E-state index contributed by atoms with van der Waals surface area (Å²) in [5.41, 5.74) is 18.2. The van der Waals surface area contributed by atoms with Crippen LogP contribution in [0.5, 0.6) is 0 Å². The zero-order valence-corrected chi connectivity index (χ0v) is 32.3. The van der Waals surface area contributed by atoms with Crippen molar-refractivity contribution in [2.24, 2.45) is 0 Å². The molecule has 0 radical (unpaired) electrons. The van der Waals surface area contributed by atoms with Crippen LogP contribution >= 0.6 is 0 Å². The van der Waals surface area contributed by atoms with E-state index >= 15 is 0 Å². The van der Waals surface area contributed by atoms with Gasteiger partial charge >= 0.3 is 0 Å². The van der Waals surface area contributed by atoms with E-state index < -0.39 is 0 Å². The molecule has 2 N–H and O–H groups in total. The number of hydrogen-bond donors (Lipinski definition) is 2. The summed E-state index contributed by atoms with van der Waals surface area (Å²) in [7, 11) is 0. The molecule has 56 heavy (non-hydrogen) atoms. The summed E-state index contributed by atoms with van der Waals surface area (Å²) >= 11 is 0. The Labute approximate surface area is 329 Å². The third-order valence-corrected chi connectivity index (χ3v) is 13.1. The van der Waals surface area contributed by atoms with Gasteiger partial charge in [0.2, 0.25) is 0 Å². The van der Waals surface area contributed by atoms with Gasteiger partial charge in [-0.1, -0.05) is 179 Å². The fourth-order valence-corrected chi connectivity index (χ4v) is 10.2. The van der Waals surface area contributed by atoms with E-state index in [4.69, 9.17) is 0 Å². The van der Waals surface area contributed by atoms with Crippen molar-refractivity contribution >= 4 is 27.2 Å². The van der Waals surface area contributed by atoms with Crippen LogP contribution in [0.25, 0.3) is 60.6 Å². The van der Waals surface area contributed by atoms with Crippen molar-refractivity contribution in [2.75, 3.05) is 0 Å². The van der Waals surface area contributed by atoms with Crippen molar-refractivity contribution < 1.29 is 0 Å². The van der Waals surface area contributed by atoms with Crippen LogP contribution in [0.3, 0.4) is 0 Å². The lowest BCUT2D eigenvalue weighted by Crippen LogP contribution is -2.39. The fourth-order valence-electron chi connectivity index (χ4n) is 10.2. The minimum atomic E-state index is -0.115. The maximum Gasteiger partial charge on any atom is 0.104 e. The smallest absolute Gasteiger partial charge is 0.104 e. The Balaban J connectivity index is 0.982. The molecule has 8 aromatic rings. The lowest BCUT2D eigenvalue weighted by atomic mass is 9.79. The monoisotopic (exact) mass is 720 g/mol. The van der Waals surface area contributed by atoms with E-state index in [1.807, 2.05) is 0 Å². The van der Waals surface area contributed by atoms with E-state index in [0.29, 0.717) is 0 Å². The molecule has 0 saturated carbocycles. The Morgan fingerprint density at radius 1 is 0.446 bits per heavy atom. The minimum Gasteiger partial charge on any atom is -0.366 e. The van der Waals surface area contributed by atoms with Crippen LogP contribution in [0.4, 0.5) is 0 Å². The first kappa shape index (κ1) is 33.1. The first-order valence-corrected chi connectivity index (χ1v) is 20.0. The lowest BCUT2D eigenvalue weighted by molar-refractivity contribution is 0.442. The summed E-state index contributed by atoms with van der Waals surface area (Å²) in [5.74, 6) is 0. The average Bonchev–Trinajstić information content (AvgIpc) is 3.62. The van der Waals surface area contributed by atoms with Crippen LogP contribution in [-0.4, -0.2) is 0 Å².